The second kappa shape index (κ2) is 9.42. The predicted molar refractivity (Wildman–Crippen MR) is 87.7 cm³/mol. The second-order valence-corrected chi connectivity index (χ2v) is 6.64. The fraction of sp³-hybridized carbons (Fsp3) is 0.941. The van der Waals surface area contributed by atoms with Crippen LogP contribution in [0.5, 0.6) is 0 Å². The number of aliphatic carboxylic acids is 1. The average molecular weight is 298 g/mol. The molecule has 0 aromatic heterocycles. The van der Waals surface area contributed by atoms with E-state index in [0.717, 1.165) is 32.0 Å². The first kappa shape index (κ1) is 18.4. The number of rotatable bonds is 10. The Morgan fingerprint density at radius 1 is 1.33 bits per heavy atom. The topological polar surface area (TPSA) is 52.6 Å². The van der Waals surface area contributed by atoms with Crippen molar-refractivity contribution in [2.75, 3.05) is 19.6 Å². The van der Waals surface area contributed by atoms with Gasteiger partial charge in [-0.1, -0.05) is 26.7 Å². The van der Waals surface area contributed by atoms with Crippen molar-refractivity contribution in [3.05, 3.63) is 0 Å². The molecule has 0 spiro atoms. The molecule has 0 aliphatic carbocycles. The molecule has 1 aliphatic rings. The van der Waals surface area contributed by atoms with Crippen LogP contribution in [0.3, 0.4) is 0 Å². The summed E-state index contributed by atoms with van der Waals surface area (Å²) in [5, 5.41) is 12.7. The van der Waals surface area contributed by atoms with Crippen LogP contribution in [0.2, 0.25) is 0 Å². The summed E-state index contributed by atoms with van der Waals surface area (Å²) in [5.41, 5.74) is -0.772. The lowest BCUT2D eigenvalue weighted by molar-refractivity contribution is -0.144. The first-order chi connectivity index (χ1) is 10.0. The van der Waals surface area contributed by atoms with Crippen molar-refractivity contribution < 1.29 is 9.90 Å². The minimum absolute atomic E-state index is 0.706. The summed E-state index contributed by atoms with van der Waals surface area (Å²) in [4.78, 5) is 14.1. The largest absolute Gasteiger partial charge is 0.480 e. The Balaban J connectivity index is 2.43. The van der Waals surface area contributed by atoms with Crippen molar-refractivity contribution in [1.29, 1.82) is 0 Å². The number of nitrogens with one attached hydrogen (secondary N) is 1. The standard InChI is InChI=1S/C17H34N2O2/c1-4-9-15-10-6-7-13-19(15)14-8-11-17(3,16(20)21)18-12-5-2/h15,18H,4-14H2,1-3H3,(H,20,21). The van der Waals surface area contributed by atoms with E-state index in [1.165, 1.54) is 38.6 Å². The van der Waals surface area contributed by atoms with Gasteiger partial charge in [-0.25, -0.2) is 0 Å². The Morgan fingerprint density at radius 3 is 2.71 bits per heavy atom. The number of nitrogens with zero attached hydrogens (tertiary/aromatic N) is 1. The van der Waals surface area contributed by atoms with Gasteiger partial charge in [0.2, 0.25) is 0 Å². The van der Waals surface area contributed by atoms with Gasteiger partial charge in [0.15, 0.2) is 0 Å². The summed E-state index contributed by atoms with van der Waals surface area (Å²) in [6.07, 6.45) is 9.12. The minimum Gasteiger partial charge on any atom is -0.480 e. The molecule has 0 amide bonds. The number of carbonyl (C=O) groups is 1. The highest BCUT2D eigenvalue weighted by molar-refractivity contribution is 5.78. The SMILES string of the molecule is CCCNC(C)(CCCN1CCCCC1CCC)C(=O)O. The maximum absolute atomic E-state index is 11.5. The molecular weight excluding hydrogens is 264 g/mol. The van der Waals surface area contributed by atoms with Gasteiger partial charge in [0.25, 0.3) is 0 Å². The first-order valence-electron chi connectivity index (χ1n) is 8.76. The Morgan fingerprint density at radius 2 is 2.10 bits per heavy atom. The Bertz CT molecular complexity index is 307. The van der Waals surface area contributed by atoms with Crippen LogP contribution in [0.15, 0.2) is 0 Å². The Labute approximate surface area is 130 Å². The van der Waals surface area contributed by atoms with E-state index in [0.29, 0.717) is 6.42 Å². The fourth-order valence-electron chi connectivity index (χ4n) is 3.32. The molecule has 1 heterocycles. The quantitative estimate of drug-likeness (QED) is 0.650. The summed E-state index contributed by atoms with van der Waals surface area (Å²) in [6, 6.07) is 0.725. The zero-order valence-electron chi connectivity index (χ0n) is 14.2. The molecule has 4 heteroatoms. The summed E-state index contributed by atoms with van der Waals surface area (Å²) in [6.45, 7) is 9.15. The molecule has 0 radical (unpaired) electrons. The van der Waals surface area contributed by atoms with Gasteiger partial charge in [-0.05, 0) is 65.1 Å². The van der Waals surface area contributed by atoms with Gasteiger partial charge in [0.1, 0.15) is 5.54 Å². The summed E-state index contributed by atoms with van der Waals surface area (Å²) in [5.74, 6) is -0.722. The third-order valence-corrected chi connectivity index (χ3v) is 4.73. The van der Waals surface area contributed by atoms with Crippen molar-refractivity contribution in [3.8, 4) is 0 Å². The smallest absolute Gasteiger partial charge is 0.323 e. The number of likely N-dealkylation sites (tertiary alicyclic amines) is 1. The summed E-state index contributed by atoms with van der Waals surface area (Å²) in [7, 11) is 0. The molecule has 2 atom stereocenters. The number of piperidine rings is 1. The second-order valence-electron chi connectivity index (χ2n) is 6.64. The van der Waals surface area contributed by atoms with E-state index in [4.69, 9.17) is 0 Å². The van der Waals surface area contributed by atoms with Crippen molar-refractivity contribution in [1.82, 2.24) is 10.2 Å². The third kappa shape index (κ3) is 5.95. The maximum Gasteiger partial charge on any atom is 0.323 e. The van der Waals surface area contributed by atoms with Crippen LogP contribution in [-0.2, 0) is 4.79 Å². The molecule has 0 aromatic carbocycles. The lowest BCUT2D eigenvalue weighted by Crippen LogP contribution is -2.50. The monoisotopic (exact) mass is 298 g/mol. The van der Waals surface area contributed by atoms with Gasteiger partial charge in [0, 0.05) is 6.04 Å². The molecule has 2 N–H and O–H groups in total. The summed E-state index contributed by atoms with van der Waals surface area (Å²) >= 11 is 0. The van der Waals surface area contributed by atoms with E-state index in [1.54, 1.807) is 0 Å². The molecule has 21 heavy (non-hydrogen) atoms. The number of hydrogen-bond donors (Lipinski definition) is 2. The van der Waals surface area contributed by atoms with Gasteiger partial charge in [-0.15, -0.1) is 0 Å². The molecule has 4 nitrogen and oxygen atoms in total. The van der Waals surface area contributed by atoms with Gasteiger partial charge in [-0.2, -0.15) is 0 Å². The molecule has 0 saturated carbocycles. The lowest BCUT2D eigenvalue weighted by Gasteiger charge is -2.36. The highest BCUT2D eigenvalue weighted by Gasteiger charge is 2.32. The van der Waals surface area contributed by atoms with Gasteiger partial charge in [-0.3, -0.25) is 4.79 Å². The Hall–Kier alpha value is -0.610. The van der Waals surface area contributed by atoms with Crippen LogP contribution in [0.25, 0.3) is 0 Å². The van der Waals surface area contributed by atoms with Crippen LogP contribution in [0.4, 0.5) is 0 Å². The van der Waals surface area contributed by atoms with Crippen molar-refractivity contribution in [2.45, 2.75) is 83.7 Å². The maximum atomic E-state index is 11.5. The lowest BCUT2D eigenvalue weighted by atomic mass is 9.94. The molecule has 2 unspecified atom stereocenters. The van der Waals surface area contributed by atoms with Crippen molar-refractivity contribution >= 4 is 5.97 Å². The molecule has 0 aromatic rings. The van der Waals surface area contributed by atoms with Crippen LogP contribution in [0.1, 0.15) is 72.1 Å². The van der Waals surface area contributed by atoms with E-state index in [-0.39, 0.29) is 0 Å². The van der Waals surface area contributed by atoms with Gasteiger partial charge < -0.3 is 15.3 Å². The molecule has 0 bridgehead atoms. The van der Waals surface area contributed by atoms with E-state index in [2.05, 4.69) is 24.1 Å². The van der Waals surface area contributed by atoms with E-state index < -0.39 is 11.5 Å². The van der Waals surface area contributed by atoms with E-state index >= 15 is 0 Å². The fourth-order valence-corrected chi connectivity index (χ4v) is 3.32. The van der Waals surface area contributed by atoms with E-state index in [9.17, 15) is 9.90 Å². The number of carboxylic acid groups (broad SMARTS) is 1. The molecule has 1 rings (SSSR count). The van der Waals surface area contributed by atoms with Crippen LogP contribution in [-0.4, -0.2) is 47.2 Å². The van der Waals surface area contributed by atoms with Crippen molar-refractivity contribution in [2.24, 2.45) is 0 Å². The van der Waals surface area contributed by atoms with Crippen molar-refractivity contribution in [3.63, 3.8) is 0 Å². The molecule has 1 saturated heterocycles. The predicted octanol–water partition coefficient (Wildman–Crippen LogP) is 3.26. The zero-order valence-corrected chi connectivity index (χ0v) is 14.2. The van der Waals surface area contributed by atoms with E-state index in [1.807, 2.05) is 6.92 Å². The number of carboxylic acids is 1. The van der Waals surface area contributed by atoms with Gasteiger partial charge in [0.05, 0.1) is 0 Å². The normalized spacial score (nSPS) is 22.9. The minimum atomic E-state index is -0.772. The van der Waals surface area contributed by atoms with Crippen LogP contribution in [0, 0.1) is 0 Å². The van der Waals surface area contributed by atoms with Crippen LogP contribution >= 0.6 is 0 Å². The molecular formula is C17H34N2O2. The third-order valence-electron chi connectivity index (χ3n) is 4.73. The number of hydrogen-bond acceptors (Lipinski definition) is 3. The van der Waals surface area contributed by atoms with Crippen LogP contribution < -0.4 is 5.32 Å². The highest BCUT2D eigenvalue weighted by Crippen LogP contribution is 2.22. The van der Waals surface area contributed by atoms with Gasteiger partial charge >= 0.3 is 5.97 Å². The highest BCUT2D eigenvalue weighted by atomic mass is 16.4. The summed E-state index contributed by atoms with van der Waals surface area (Å²) < 4.78 is 0. The zero-order chi connectivity index (χ0) is 15.7. The molecule has 124 valence electrons. The molecule has 1 aliphatic heterocycles. The molecule has 1 fully saturated rings. The average Bonchev–Trinajstić information content (AvgIpc) is 2.47. The first-order valence-corrected chi connectivity index (χ1v) is 8.76. The Kier molecular flexibility index (Phi) is 8.27.